The fourth-order valence-electron chi connectivity index (χ4n) is 4.16. The number of halogens is 2. The molecule has 3 aromatic carbocycles. The number of para-hydroxylation sites is 2. The molecule has 168 valence electrons. The van der Waals surface area contributed by atoms with E-state index in [4.69, 9.17) is 9.98 Å². The lowest BCUT2D eigenvalue weighted by Crippen LogP contribution is -2.33. The summed E-state index contributed by atoms with van der Waals surface area (Å²) >= 11 is 3.46. The average Bonchev–Trinajstić information content (AvgIpc) is 3.24. The Morgan fingerprint density at radius 2 is 1.70 bits per heavy atom. The topological polar surface area (TPSA) is 40.0 Å². The van der Waals surface area contributed by atoms with E-state index >= 15 is 0 Å². The Morgan fingerprint density at radius 1 is 0.939 bits per heavy atom. The van der Waals surface area contributed by atoms with Crippen molar-refractivity contribution in [2.24, 2.45) is 9.98 Å². The van der Waals surface area contributed by atoms with Gasteiger partial charge < -0.3 is 10.2 Å². The molecule has 1 atom stereocenters. The van der Waals surface area contributed by atoms with Crippen LogP contribution in [0.2, 0.25) is 0 Å². The SMILES string of the molecule is C1=C(CSC2=NCc3ccccc3N2)N2C(=Nc3ccccc3C2c2ccccc2)S1.Cl.Cl. The van der Waals surface area contributed by atoms with Crippen molar-refractivity contribution >= 4 is 70.0 Å². The van der Waals surface area contributed by atoms with Crippen LogP contribution in [0.1, 0.15) is 22.7 Å². The molecule has 6 rings (SSSR count). The van der Waals surface area contributed by atoms with E-state index in [0.717, 1.165) is 34.0 Å². The van der Waals surface area contributed by atoms with Gasteiger partial charge in [0.15, 0.2) is 10.3 Å². The number of rotatable bonds is 3. The minimum atomic E-state index is 0. The summed E-state index contributed by atoms with van der Waals surface area (Å²) < 4.78 is 0. The summed E-state index contributed by atoms with van der Waals surface area (Å²) in [7, 11) is 0. The minimum absolute atomic E-state index is 0. The summed E-state index contributed by atoms with van der Waals surface area (Å²) in [5.74, 6) is 0.839. The van der Waals surface area contributed by atoms with Crippen molar-refractivity contribution in [2.75, 3.05) is 11.1 Å². The van der Waals surface area contributed by atoms with Crippen LogP contribution < -0.4 is 5.32 Å². The summed E-state index contributed by atoms with van der Waals surface area (Å²) in [6.45, 7) is 0.732. The Bertz CT molecular complexity index is 1240. The number of nitrogens with zero attached hydrogens (tertiary/aromatic N) is 3. The zero-order valence-corrected chi connectivity index (χ0v) is 20.8. The molecule has 1 N–H and O–H groups in total. The lowest BCUT2D eigenvalue weighted by molar-refractivity contribution is 0.444. The van der Waals surface area contributed by atoms with E-state index in [0.29, 0.717) is 0 Å². The molecule has 0 bridgehead atoms. The average molecular weight is 514 g/mol. The smallest absolute Gasteiger partial charge is 0.173 e. The van der Waals surface area contributed by atoms with E-state index in [2.05, 4.69) is 94.5 Å². The van der Waals surface area contributed by atoms with E-state index in [1.807, 2.05) is 0 Å². The number of amidine groups is 2. The molecule has 3 aliphatic rings. The van der Waals surface area contributed by atoms with Crippen LogP contribution in [0.25, 0.3) is 0 Å². The Morgan fingerprint density at radius 3 is 2.58 bits per heavy atom. The van der Waals surface area contributed by atoms with Crippen LogP contribution in [-0.2, 0) is 6.54 Å². The first-order valence-electron chi connectivity index (χ1n) is 10.3. The van der Waals surface area contributed by atoms with Crippen molar-refractivity contribution in [1.82, 2.24) is 4.90 Å². The highest BCUT2D eigenvalue weighted by atomic mass is 35.5. The number of anilines is 1. The second kappa shape index (κ2) is 10.3. The summed E-state index contributed by atoms with van der Waals surface area (Å²) in [5.41, 5.74) is 7.26. The minimum Gasteiger partial charge on any atom is -0.335 e. The van der Waals surface area contributed by atoms with Crippen molar-refractivity contribution in [3.05, 3.63) is 107 Å². The van der Waals surface area contributed by atoms with Gasteiger partial charge in [-0.15, -0.1) is 24.8 Å². The van der Waals surface area contributed by atoms with Gasteiger partial charge in [-0.25, -0.2) is 4.99 Å². The Kier molecular flexibility index (Phi) is 7.39. The molecule has 0 fully saturated rings. The third-order valence-corrected chi connectivity index (χ3v) is 7.48. The zero-order chi connectivity index (χ0) is 20.6. The van der Waals surface area contributed by atoms with Gasteiger partial charge in [0.25, 0.3) is 0 Å². The third-order valence-electron chi connectivity index (χ3n) is 5.65. The Labute approximate surface area is 214 Å². The van der Waals surface area contributed by atoms with Gasteiger partial charge in [0.05, 0.1) is 18.3 Å². The predicted molar refractivity (Wildman–Crippen MR) is 147 cm³/mol. The molecule has 4 nitrogen and oxygen atoms in total. The number of aliphatic imine (C=N–C) groups is 2. The molecule has 3 aromatic rings. The molecular formula is C25H22Cl2N4S2. The summed E-state index contributed by atoms with van der Waals surface area (Å²) in [6, 6.07) is 27.7. The van der Waals surface area contributed by atoms with Crippen LogP contribution in [0.4, 0.5) is 11.4 Å². The van der Waals surface area contributed by atoms with Crippen LogP contribution in [0.3, 0.4) is 0 Å². The second-order valence-electron chi connectivity index (χ2n) is 7.56. The molecule has 0 radical (unpaired) electrons. The number of hydrogen-bond donors (Lipinski definition) is 1. The van der Waals surface area contributed by atoms with Crippen LogP contribution in [-0.4, -0.2) is 21.0 Å². The number of benzene rings is 3. The second-order valence-corrected chi connectivity index (χ2v) is 9.36. The van der Waals surface area contributed by atoms with Gasteiger partial charge in [0.1, 0.15) is 0 Å². The number of hydrogen-bond acceptors (Lipinski definition) is 6. The van der Waals surface area contributed by atoms with Gasteiger partial charge in [-0.1, -0.05) is 90.3 Å². The highest BCUT2D eigenvalue weighted by molar-refractivity contribution is 8.17. The van der Waals surface area contributed by atoms with Gasteiger partial charge >= 0.3 is 0 Å². The highest BCUT2D eigenvalue weighted by Crippen LogP contribution is 2.46. The standard InChI is InChI=1S/C25H20N4S2.2ClH/c1-2-8-17(9-3-1)23-20-11-5-7-13-22(20)28-25-29(23)19(16-31-25)15-30-24-26-14-18-10-4-6-12-21(18)27-24;;/h1-13,16,23H,14-15H2,(H,26,27);2*1H. The molecule has 0 aliphatic carbocycles. The molecule has 33 heavy (non-hydrogen) atoms. The molecular weight excluding hydrogens is 491 g/mol. The first kappa shape index (κ1) is 23.8. The normalized spacial score (nSPS) is 17.6. The predicted octanol–water partition coefficient (Wildman–Crippen LogP) is 7.23. The molecule has 3 heterocycles. The maximum atomic E-state index is 4.96. The third kappa shape index (κ3) is 4.53. The summed E-state index contributed by atoms with van der Waals surface area (Å²) in [5, 5.41) is 7.75. The van der Waals surface area contributed by atoms with Crippen molar-refractivity contribution in [3.8, 4) is 0 Å². The Balaban J connectivity index is 0.00000130. The first-order chi connectivity index (χ1) is 15.4. The number of nitrogens with one attached hydrogen (secondary N) is 1. The van der Waals surface area contributed by atoms with E-state index in [9.17, 15) is 0 Å². The molecule has 0 saturated carbocycles. The van der Waals surface area contributed by atoms with Crippen LogP contribution in [0, 0.1) is 0 Å². The summed E-state index contributed by atoms with van der Waals surface area (Å²) in [6.07, 6.45) is 0. The maximum absolute atomic E-state index is 4.96. The van der Waals surface area contributed by atoms with Gasteiger partial charge in [-0.05, 0) is 28.7 Å². The van der Waals surface area contributed by atoms with Crippen LogP contribution in [0.15, 0.2) is 100.0 Å². The fraction of sp³-hybridized carbons (Fsp3) is 0.120. The van der Waals surface area contributed by atoms with Crippen molar-refractivity contribution in [3.63, 3.8) is 0 Å². The molecule has 0 saturated heterocycles. The van der Waals surface area contributed by atoms with Crippen molar-refractivity contribution in [2.45, 2.75) is 12.6 Å². The monoisotopic (exact) mass is 512 g/mol. The molecule has 0 aromatic heterocycles. The largest absolute Gasteiger partial charge is 0.335 e. The van der Waals surface area contributed by atoms with Gasteiger partial charge in [0, 0.05) is 22.7 Å². The fourth-order valence-corrected chi connectivity index (χ4v) is 6.04. The van der Waals surface area contributed by atoms with Gasteiger partial charge in [-0.3, -0.25) is 4.99 Å². The van der Waals surface area contributed by atoms with Crippen LogP contribution in [0.5, 0.6) is 0 Å². The summed E-state index contributed by atoms with van der Waals surface area (Å²) in [4.78, 5) is 12.1. The lowest BCUT2D eigenvalue weighted by atomic mass is 9.94. The first-order valence-corrected chi connectivity index (χ1v) is 12.1. The lowest BCUT2D eigenvalue weighted by Gasteiger charge is -2.36. The van der Waals surface area contributed by atoms with E-state index in [1.54, 1.807) is 23.5 Å². The van der Waals surface area contributed by atoms with E-state index in [1.165, 1.54) is 22.4 Å². The van der Waals surface area contributed by atoms with Crippen molar-refractivity contribution < 1.29 is 0 Å². The quantitative estimate of drug-likeness (QED) is 0.401. The molecule has 0 amide bonds. The molecule has 8 heteroatoms. The van der Waals surface area contributed by atoms with Crippen LogP contribution >= 0.6 is 48.3 Å². The number of fused-ring (bicyclic) bond motifs is 3. The van der Waals surface area contributed by atoms with Gasteiger partial charge in [0.2, 0.25) is 0 Å². The van der Waals surface area contributed by atoms with Crippen molar-refractivity contribution in [1.29, 1.82) is 0 Å². The van der Waals surface area contributed by atoms with Gasteiger partial charge in [-0.2, -0.15) is 0 Å². The molecule has 1 unspecified atom stereocenters. The number of thioether (sulfide) groups is 2. The zero-order valence-electron chi connectivity index (χ0n) is 17.5. The molecule has 3 aliphatic heterocycles. The van der Waals surface area contributed by atoms with E-state index in [-0.39, 0.29) is 30.9 Å². The molecule has 0 spiro atoms. The highest BCUT2D eigenvalue weighted by Gasteiger charge is 2.36. The van der Waals surface area contributed by atoms with E-state index < -0.39 is 0 Å². The maximum Gasteiger partial charge on any atom is 0.173 e. The Hall–Kier alpha value is -2.38.